The summed E-state index contributed by atoms with van der Waals surface area (Å²) < 4.78 is 11.4. The number of aliphatic hydroxyl groups excluding tert-OH is 2. The van der Waals surface area contributed by atoms with Gasteiger partial charge in [0, 0.05) is 6.54 Å². The van der Waals surface area contributed by atoms with Crippen molar-refractivity contribution in [3.8, 4) is 0 Å². The van der Waals surface area contributed by atoms with Gasteiger partial charge >= 0.3 is 0 Å². The minimum Gasteiger partial charge on any atom is -0.394 e. The standard InChI is InChI=1S/C10H19NO4/c1-9(2)14-7-6(13)4-11-10(3,5-12)8(7)15-9/h6-8,11-13H,4-5H2,1-3H3. The average Bonchev–Trinajstić information content (AvgIpc) is 2.50. The predicted molar refractivity (Wildman–Crippen MR) is 53.3 cm³/mol. The zero-order chi connectivity index (χ0) is 11.3. The second-order valence-electron chi connectivity index (χ2n) is 5.04. The maximum atomic E-state index is 9.79. The molecule has 0 spiro atoms. The fourth-order valence-corrected chi connectivity index (χ4v) is 2.26. The normalized spacial score (nSPS) is 49.0. The number of piperidine rings is 1. The molecule has 88 valence electrons. The van der Waals surface area contributed by atoms with Crippen LogP contribution in [0.3, 0.4) is 0 Å². The third-order valence-electron chi connectivity index (χ3n) is 3.18. The van der Waals surface area contributed by atoms with Crippen LogP contribution >= 0.6 is 0 Å². The van der Waals surface area contributed by atoms with Gasteiger partial charge in [-0.1, -0.05) is 0 Å². The molecule has 0 aromatic rings. The highest BCUT2D eigenvalue weighted by atomic mass is 16.8. The van der Waals surface area contributed by atoms with Crippen molar-refractivity contribution in [2.24, 2.45) is 0 Å². The average molecular weight is 217 g/mol. The molecule has 2 aliphatic heterocycles. The zero-order valence-corrected chi connectivity index (χ0v) is 9.36. The van der Waals surface area contributed by atoms with Crippen molar-refractivity contribution >= 4 is 0 Å². The molecule has 3 N–H and O–H groups in total. The molecule has 4 atom stereocenters. The van der Waals surface area contributed by atoms with Crippen LogP contribution < -0.4 is 5.32 Å². The van der Waals surface area contributed by atoms with E-state index in [1.165, 1.54) is 0 Å². The highest BCUT2D eigenvalue weighted by Crippen LogP contribution is 2.37. The first-order valence-corrected chi connectivity index (χ1v) is 5.27. The molecule has 0 amide bonds. The van der Waals surface area contributed by atoms with Gasteiger partial charge in [-0.05, 0) is 20.8 Å². The van der Waals surface area contributed by atoms with Gasteiger partial charge in [-0.15, -0.1) is 0 Å². The highest BCUT2D eigenvalue weighted by Gasteiger charge is 2.55. The van der Waals surface area contributed by atoms with Crippen LogP contribution in [-0.2, 0) is 9.47 Å². The summed E-state index contributed by atoms with van der Waals surface area (Å²) in [6, 6.07) is 0. The summed E-state index contributed by atoms with van der Waals surface area (Å²) in [7, 11) is 0. The van der Waals surface area contributed by atoms with Gasteiger partial charge in [0.2, 0.25) is 0 Å². The second-order valence-corrected chi connectivity index (χ2v) is 5.04. The molecule has 2 saturated heterocycles. The van der Waals surface area contributed by atoms with Crippen molar-refractivity contribution in [3.05, 3.63) is 0 Å². The van der Waals surface area contributed by atoms with Crippen molar-refractivity contribution in [1.29, 1.82) is 0 Å². The molecule has 15 heavy (non-hydrogen) atoms. The second kappa shape index (κ2) is 3.40. The van der Waals surface area contributed by atoms with E-state index < -0.39 is 17.4 Å². The smallest absolute Gasteiger partial charge is 0.163 e. The van der Waals surface area contributed by atoms with Crippen molar-refractivity contribution < 1.29 is 19.7 Å². The molecule has 2 aliphatic rings. The molecule has 0 aromatic heterocycles. The van der Waals surface area contributed by atoms with E-state index in [2.05, 4.69) is 5.32 Å². The summed E-state index contributed by atoms with van der Waals surface area (Å²) in [5.74, 6) is -0.696. The molecule has 5 heteroatoms. The number of nitrogens with one attached hydrogen (secondary N) is 1. The molecule has 0 saturated carbocycles. The Kier molecular flexibility index (Phi) is 2.56. The van der Waals surface area contributed by atoms with Crippen molar-refractivity contribution in [3.63, 3.8) is 0 Å². The van der Waals surface area contributed by atoms with Gasteiger partial charge in [0.1, 0.15) is 12.2 Å². The number of hydrogen-bond acceptors (Lipinski definition) is 5. The molecule has 2 heterocycles. The van der Waals surface area contributed by atoms with E-state index in [0.29, 0.717) is 6.54 Å². The lowest BCUT2D eigenvalue weighted by Gasteiger charge is -2.42. The lowest BCUT2D eigenvalue weighted by atomic mass is 9.85. The predicted octanol–water partition coefficient (Wildman–Crippen LogP) is -0.778. The summed E-state index contributed by atoms with van der Waals surface area (Å²) in [5, 5.41) is 22.3. The third kappa shape index (κ3) is 1.79. The van der Waals surface area contributed by atoms with Crippen molar-refractivity contribution in [1.82, 2.24) is 5.32 Å². The summed E-state index contributed by atoms with van der Waals surface area (Å²) in [6.07, 6.45) is -1.27. The van der Waals surface area contributed by atoms with E-state index in [9.17, 15) is 10.2 Å². The van der Waals surface area contributed by atoms with Crippen molar-refractivity contribution in [2.45, 2.75) is 50.4 Å². The molecular weight excluding hydrogens is 198 g/mol. The molecule has 0 aromatic carbocycles. The molecule has 0 aliphatic carbocycles. The SMILES string of the molecule is CC1(C)OC2C(O)CNC(C)(CO)C2O1. The van der Waals surface area contributed by atoms with Crippen LogP contribution in [0.15, 0.2) is 0 Å². The molecule has 2 fully saturated rings. The molecule has 5 nitrogen and oxygen atoms in total. The van der Waals surface area contributed by atoms with Gasteiger partial charge in [0.05, 0.1) is 18.2 Å². The number of aliphatic hydroxyl groups is 2. The van der Waals surface area contributed by atoms with Crippen LogP contribution in [0.4, 0.5) is 0 Å². The number of rotatable bonds is 1. The van der Waals surface area contributed by atoms with E-state index in [-0.39, 0.29) is 18.8 Å². The van der Waals surface area contributed by atoms with Crippen LogP contribution in [0.2, 0.25) is 0 Å². The van der Waals surface area contributed by atoms with Crippen LogP contribution in [0.25, 0.3) is 0 Å². The minimum atomic E-state index is -0.696. The maximum absolute atomic E-state index is 9.79. The van der Waals surface area contributed by atoms with Gasteiger partial charge in [0.25, 0.3) is 0 Å². The van der Waals surface area contributed by atoms with E-state index >= 15 is 0 Å². The zero-order valence-electron chi connectivity index (χ0n) is 9.36. The molecule has 2 rings (SSSR count). The topological polar surface area (TPSA) is 71.0 Å². The Morgan fingerprint density at radius 3 is 2.60 bits per heavy atom. The van der Waals surface area contributed by atoms with E-state index in [1.807, 2.05) is 20.8 Å². The Hall–Kier alpha value is -0.200. The minimum absolute atomic E-state index is 0.0413. The summed E-state index contributed by atoms with van der Waals surface area (Å²) >= 11 is 0. The lowest BCUT2D eigenvalue weighted by Crippen LogP contribution is -2.67. The Morgan fingerprint density at radius 1 is 1.33 bits per heavy atom. The Balaban J connectivity index is 2.24. The first-order chi connectivity index (χ1) is 6.88. The number of ether oxygens (including phenoxy) is 2. The van der Waals surface area contributed by atoms with Crippen LogP contribution in [0, 0.1) is 0 Å². The van der Waals surface area contributed by atoms with Crippen molar-refractivity contribution in [2.75, 3.05) is 13.2 Å². The largest absolute Gasteiger partial charge is 0.394 e. The number of fused-ring (bicyclic) bond motifs is 1. The lowest BCUT2D eigenvalue weighted by molar-refractivity contribution is -0.155. The number of β-amino-alcohol motifs (C(OH)–C–C–N with tert-alkyl or cyclic N) is 1. The Labute approximate surface area is 89.4 Å². The highest BCUT2D eigenvalue weighted by molar-refractivity contribution is 5.06. The van der Waals surface area contributed by atoms with Gasteiger partial charge < -0.3 is 25.0 Å². The van der Waals surface area contributed by atoms with E-state index in [4.69, 9.17) is 9.47 Å². The van der Waals surface area contributed by atoms with Crippen LogP contribution in [-0.4, -0.2) is 53.0 Å². The monoisotopic (exact) mass is 217 g/mol. The fraction of sp³-hybridized carbons (Fsp3) is 1.00. The van der Waals surface area contributed by atoms with E-state index in [1.54, 1.807) is 0 Å². The summed E-state index contributed by atoms with van der Waals surface area (Å²) in [6.45, 7) is 5.88. The molecular formula is C10H19NO4. The third-order valence-corrected chi connectivity index (χ3v) is 3.18. The van der Waals surface area contributed by atoms with Gasteiger partial charge in [-0.25, -0.2) is 0 Å². The Bertz CT molecular complexity index is 258. The first kappa shape index (κ1) is 11.3. The fourth-order valence-electron chi connectivity index (χ4n) is 2.26. The van der Waals surface area contributed by atoms with Gasteiger partial charge in [-0.2, -0.15) is 0 Å². The number of hydrogen-bond donors (Lipinski definition) is 3. The quantitative estimate of drug-likeness (QED) is 0.537. The molecule has 4 unspecified atom stereocenters. The first-order valence-electron chi connectivity index (χ1n) is 5.27. The Morgan fingerprint density at radius 2 is 2.00 bits per heavy atom. The molecule has 0 bridgehead atoms. The van der Waals surface area contributed by atoms with Gasteiger partial charge in [0.15, 0.2) is 5.79 Å². The van der Waals surface area contributed by atoms with Crippen LogP contribution in [0.5, 0.6) is 0 Å². The van der Waals surface area contributed by atoms with E-state index in [0.717, 1.165) is 0 Å². The van der Waals surface area contributed by atoms with Crippen LogP contribution in [0.1, 0.15) is 20.8 Å². The summed E-state index contributed by atoms with van der Waals surface area (Å²) in [4.78, 5) is 0. The van der Waals surface area contributed by atoms with Gasteiger partial charge in [-0.3, -0.25) is 0 Å². The molecule has 0 radical (unpaired) electrons. The summed E-state index contributed by atoms with van der Waals surface area (Å²) in [5.41, 5.74) is -0.544. The maximum Gasteiger partial charge on any atom is 0.163 e.